The number of rotatable bonds is 4. The molecule has 0 aliphatic rings. The van der Waals surface area contributed by atoms with Crippen LogP contribution in [0, 0.1) is 5.82 Å². The molecular formula is C12H12ClFN4. The van der Waals surface area contributed by atoms with E-state index in [-0.39, 0.29) is 11.9 Å². The number of aromatic nitrogens is 2. The first-order valence-corrected chi connectivity index (χ1v) is 5.74. The number of halogens is 2. The summed E-state index contributed by atoms with van der Waals surface area (Å²) >= 11 is 5.70. The molecule has 6 heteroatoms. The molecule has 0 aliphatic heterocycles. The predicted molar refractivity (Wildman–Crippen MR) is 67.2 cm³/mol. The molecule has 2 rings (SSSR count). The van der Waals surface area contributed by atoms with Crippen LogP contribution in [0.1, 0.15) is 17.3 Å². The Morgan fingerprint density at radius 1 is 1.39 bits per heavy atom. The van der Waals surface area contributed by atoms with Crippen LogP contribution < -0.4 is 11.3 Å². The highest BCUT2D eigenvalue weighted by Crippen LogP contribution is 2.20. The van der Waals surface area contributed by atoms with E-state index in [9.17, 15) is 4.39 Å². The minimum absolute atomic E-state index is 0.297. The van der Waals surface area contributed by atoms with Crippen molar-refractivity contribution in [3.05, 3.63) is 58.9 Å². The van der Waals surface area contributed by atoms with E-state index >= 15 is 0 Å². The first kappa shape index (κ1) is 12.9. The second-order valence-corrected chi connectivity index (χ2v) is 4.23. The van der Waals surface area contributed by atoms with E-state index in [1.807, 2.05) is 0 Å². The SMILES string of the molecule is NNC(Cc1ccc(Cl)cc1F)c1cnccn1. The maximum absolute atomic E-state index is 13.7. The summed E-state index contributed by atoms with van der Waals surface area (Å²) in [5.74, 6) is 5.11. The van der Waals surface area contributed by atoms with Gasteiger partial charge < -0.3 is 0 Å². The Morgan fingerprint density at radius 3 is 2.83 bits per heavy atom. The van der Waals surface area contributed by atoms with Crippen LogP contribution in [-0.4, -0.2) is 9.97 Å². The van der Waals surface area contributed by atoms with Gasteiger partial charge in [-0.1, -0.05) is 17.7 Å². The summed E-state index contributed by atoms with van der Waals surface area (Å²) in [4.78, 5) is 8.10. The molecule has 1 unspecified atom stereocenters. The molecule has 0 saturated heterocycles. The zero-order chi connectivity index (χ0) is 13.0. The van der Waals surface area contributed by atoms with Crippen LogP contribution >= 0.6 is 11.6 Å². The Balaban J connectivity index is 2.21. The predicted octanol–water partition coefficient (Wildman–Crippen LogP) is 2.02. The van der Waals surface area contributed by atoms with Crippen molar-refractivity contribution in [1.82, 2.24) is 15.4 Å². The van der Waals surface area contributed by atoms with Gasteiger partial charge in [-0.05, 0) is 24.1 Å². The zero-order valence-electron chi connectivity index (χ0n) is 9.48. The van der Waals surface area contributed by atoms with Crippen molar-refractivity contribution in [2.24, 2.45) is 5.84 Å². The van der Waals surface area contributed by atoms with Crippen LogP contribution in [-0.2, 0) is 6.42 Å². The molecule has 0 aliphatic carbocycles. The number of hydrogen-bond acceptors (Lipinski definition) is 4. The number of nitrogens with two attached hydrogens (primary N) is 1. The zero-order valence-corrected chi connectivity index (χ0v) is 10.2. The molecule has 0 fully saturated rings. The van der Waals surface area contributed by atoms with Gasteiger partial charge in [-0.25, -0.2) is 4.39 Å². The Labute approximate surface area is 109 Å². The Hall–Kier alpha value is -1.56. The van der Waals surface area contributed by atoms with E-state index in [1.54, 1.807) is 30.7 Å². The molecule has 4 nitrogen and oxygen atoms in total. The van der Waals surface area contributed by atoms with E-state index in [0.717, 1.165) is 0 Å². The second-order valence-electron chi connectivity index (χ2n) is 3.79. The normalized spacial score (nSPS) is 12.4. The van der Waals surface area contributed by atoms with Gasteiger partial charge in [0.15, 0.2) is 0 Å². The van der Waals surface area contributed by atoms with Gasteiger partial charge in [0, 0.05) is 17.4 Å². The molecule has 94 valence electrons. The van der Waals surface area contributed by atoms with E-state index in [2.05, 4.69) is 15.4 Å². The highest BCUT2D eigenvalue weighted by atomic mass is 35.5. The molecule has 1 heterocycles. The van der Waals surface area contributed by atoms with Crippen molar-refractivity contribution < 1.29 is 4.39 Å². The van der Waals surface area contributed by atoms with Crippen LogP contribution in [0.25, 0.3) is 0 Å². The molecule has 2 aromatic rings. The Morgan fingerprint density at radius 2 is 2.22 bits per heavy atom. The fourth-order valence-electron chi connectivity index (χ4n) is 1.65. The summed E-state index contributed by atoms with van der Waals surface area (Å²) in [5.41, 5.74) is 3.79. The summed E-state index contributed by atoms with van der Waals surface area (Å²) in [6.07, 6.45) is 5.11. The Kier molecular flexibility index (Phi) is 4.19. The number of benzene rings is 1. The molecule has 3 N–H and O–H groups in total. The second kappa shape index (κ2) is 5.86. The summed E-state index contributed by atoms with van der Waals surface area (Å²) in [6.45, 7) is 0. The molecular weight excluding hydrogens is 255 g/mol. The van der Waals surface area contributed by atoms with E-state index in [0.29, 0.717) is 22.7 Å². The molecule has 1 atom stereocenters. The number of hydrogen-bond donors (Lipinski definition) is 2. The average Bonchev–Trinajstić information content (AvgIpc) is 2.39. The minimum atomic E-state index is -0.355. The molecule has 0 amide bonds. The highest BCUT2D eigenvalue weighted by molar-refractivity contribution is 6.30. The van der Waals surface area contributed by atoms with Crippen molar-refractivity contribution in [2.75, 3.05) is 0 Å². The van der Waals surface area contributed by atoms with Gasteiger partial charge in [0.2, 0.25) is 0 Å². The van der Waals surface area contributed by atoms with Gasteiger partial charge in [0.1, 0.15) is 5.82 Å². The largest absolute Gasteiger partial charge is 0.271 e. The monoisotopic (exact) mass is 266 g/mol. The van der Waals surface area contributed by atoms with Crippen molar-refractivity contribution >= 4 is 11.6 Å². The van der Waals surface area contributed by atoms with Crippen LogP contribution in [0.15, 0.2) is 36.8 Å². The third-order valence-corrected chi connectivity index (χ3v) is 2.82. The minimum Gasteiger partial charge on any atom is -0.271 e. The van der Waals surface area contributed by atoms with Gasteiger partial charge in [0.05, 0.1) is 17.9 Å². The van der Waals surface area contributed by atoms with E-state index in [1.165, 1.54) is 6.07 Å². The third kappa shape index (κ3) is 3.01. The number of nitrogens with zero attached hydrogens (tertiary/aromatic N) is 2. The van der Waals surface area contributed by atoms with Crippen molar-refractivity contribution in [2.45, 2.75) is 12.5 Å². The standard InChI is InChI=1S/C12H12ClFN4/c13-9-2-1-8(10(14)6-9)5-11(18-15)12-7-16-3-4-17-12/h1-4,6-7,11,18H,5,15H2. The summed E-state index contributed by atoms with van der Waals surface area (Å²) < 4.78 is 13.7. The van der Waals surface area contributed by atoms with Crippen LogP contribution in [0.5, 0.6) is 0 Å². The van der Waals surface area contributed by atoms with Crippen molar-refractivity contribution in [3.63, 3.8) is 0 Å². The number of nitrogens with one attached hydrogen (secondary N) is 1. The quantitative estimate of drug-likeness (QED) is 0.656. The van der Waals surface area contributed by atoms with Crippen LogP contribution in [0.3, 0.4) is 0 Å². The fourth-order valence-corrected chi connectivity index (χ4v) is 1.81. The van der Waals surface area contributed by atoms with E-state index < -0.39 is 0 Å². The molecule has 0 bridgehead atoms. The van der Waals surface area contributed by atoms with Gasteiger partial charge in [-0.15, -0.1) is 0 Å². The van der Waals surface area contributed by atoms with Gasteiger partial charge in [-0.2, -0.15) is 0 Å². The topological polar surface area (TPSA) is 63.8 Å². The molecule has 0 spiro atoms. The summed E-state index contributed by atoms with van der Waals surface area (Å²) in [5, 5.41) is 0.369. The van der Waals surface area contributed by atoms with Crippen molar-refractivity contribution in [1.29, 1.82) is 0 Å². The number of hydrazine groups is 1. The molecule has 0 saturated carbocycles. The molecule has 1 aromatic heterocycles. The van der Waals surface area contributed by atoms with Gasteiger partial charge in [-0.3, -0.25) is 21.2 Å². The van der Waals surface area contributed by atoms with Gasteiger partial charge in [0.25, 0.3) is 0 Å². The average molecular weight is 267 g/mol. The summed E-state index contributed by atoms with van der Waals surface area (Å²) in [7, 11) is 0. The lowest BCUT2D eigenvalue weighted by molar-refractivity contribution is 0.517. The van der Waals surface area contributed by atoms with Crippen molar-refractivity contribution in [3.8, 4) is 0 Å². The maximum Gasteiger partial charge on any atom is 0.127 e. The maximum atomic E-state index is 13.7. The lowest BCUT2D eigenvalue weighted by Gasteiger charge is -2.15. The smallest absolute Gasteiger partial charge is 0.127 e. The first-order chi connectivity index (χ1) is 8.70. The third-order valence-electron chi connectivity index (χ3n) is 2.58. The fraction of sp³-hybridized carbons (Fsp3) is 0.167. The van der Waals surface area contributed by atoms with Crippen LogP contribution in [0.4, 0.5) is 4.39 Å². The highest BCUT2D eigenvalue weighted by Gasteiger charge is 2.14. The van der Waals surface area contributed by atoms with Gasteiger partial charge >= 0.3 is 0 Å². The molecule has 18 heavy (non-hydrogen) atoms. The lowest BCUT2D eigenvalue weighted by atomic mass is 10.0. The van der Waals surface area contributed by atoms with E-state index in [4.69, 9.17) is 17.4 Å². The first-order valence-electron chi connectivity index (χ1n) is 5.36. The van der Waals surface area contributed by atoms with Crippen LogP contribution in [0.2, 0.25) is 5.02 Å². The lowest BCUT2D eigenvalue weighted by Crippen LogP contribution is -2.30. The Bertz CT molecular complexity index is 521. The molecule has 1 aromatic carbocycles. The summed E-state index contributed by atoms with van der Waals surface area (Å²) in [6, 6.07) is 4.26. The molecule has 0 radical (unpaired) electrons.